The minimum Gasteiger partial charge on any atom is -0.400 e. The van der Waals surface area contributed by atoms with E-state index in [1.807, 2.05) is 37.3 Å². The largest absolute Gasteiger partial charge is 0.400 e. The van der Waals surface area contributed by atoms with Gasteiger partial charge in [-0.15, -0.1) is 0 Å². The fraction of sp³-hybridized carbons (Fsp3) is 0.333. The van der Waals surface area contributed by atoms with E-state index in [1.54, 1.807) is 6.07 Å². The molecule has 6 nitrogen and oxygen atoms in total. The van der Waals surface area contributed by atoms with Crippen LogP contribution in [-0.4, -0.2) is 58.4 Å². The molecule has 1 fully saturated rings. The van der Waals surface area contributed by atoms with Gasteiger partial charge in [0, 0.05) is 25.8 Å². The van der Waals surface area contributed by atoms with Crippen molar-refractivity contribution in [3.8, 4) is 22.4 Å². The molecule has 1 aliphatic rings. The Labute approximate surface area is 183 Å². The van der Waals surface area contributed by atoms with E-state index in [-0.39, 0.29) is 11.9 Å². The van der Waals surface area contributed by atoms with Gasteiger partial charge in [0.1, 0.15) is 11.6 Å². The Balaban J connectivity index is 0.000000286. The first-order valence-electron chi connectivity index (χ1n) is 10.2. The lowest BCUT2D eigenvalue weighted by molar-refractivity contribution is 0.0943. The molecule has 0 unspecified atom stereocenters. The second-order valence-electron chi connectivity index (χ2n) is 7.37. The van der Waals surface area contributed by atoms with E-state index in [9.17, 15) is 4.39 Å². The van der Waals surface area contributed by atoms with Crippen LogP contribution in [0.5, 0.6) is 0 Å². The van der Waals surface area contributed by atoms with Crippen LogP contribution in [0.2, 0.25) is 0 Å². The summed E-state index contributed by atoms with van der Waals surface area (Å²) in [7, 11) is 3.09. The zero-order valence-electron chi connectivity index (χ0n) is 18.3. The highest BCUT2D eigenvalue weighted by Gasteiger charge is 2.12. The molecule has 1 aromatic heterocycles. The number of nitrogen functional groups attached to an aromatic ring is 1. The highest BCUT2D eigenvalue weighted by atomic mass is 19.1. The molecule has 0 radical (unpaired) electrons. The van der Waals surface area contributed by atoms with Crippen molar-refractivity contribution in [1.29, 1.82) is 0 Å². The molecule has 4 rings (SSSR count). The standard InChI is InChI=1S/C17H14FN3.C6H13NO.CH4O/c1-11-4-2-3-5-13(11)12-6-7-14(15(18)8-12)16-9-21-17(19)10-20-16;1-7-4-2-6(8)3-5-7;1-2/h2-10H,1H3,(H2,19,21);6,8H,2-5H2,1H3;2H,1H3. The lowest BCUT2D eigenvalue weighted by atomic mass is 9.98. The number of anilines is 1. The van der Waals surface area contributed by atoms with Crippen LogP contribution in [-0.2, 0) is 0 Å². The Morgan fingerprint density at radius 1 is 1.00 bits per heavy atom. The van der Waals surface area contributed by atoms with Crippen LogP contribution in [0.3, 0.4) is 0 Å². The van der Waals surface area contributed by atoms with Gasteiger partial charge in [-0.05, 0) is 55.6 Å². The van der Waals surface area contributed by atoms with Crippen molar-refractivity contribution in [2.75, 3.05) is 33.0 Å². The summed E-state index contributed by atoms with van der Waals surface area (Å²) in [6, 6.07) is 13.0. The molecule has 7 heteroatoms. The molecule has 0 atom stereocenters. The molecule has 0 aliphatic carbocycles. The van der Waals surface area contributed by atoms with Gasteiger partial charge < -0.3 is 20.8 Å². The number of hydrogen-bond acceptors (Lipinski definition) is 6. The fourth-order valence-corrected chi connectivity index (χ4v) is 3.26. The van der Waals surface area contributed by atoms with Crippen molar-refractivity contribution in [2.24, 2.45) is 0 Å². The smallest absolute Gasteiger partial charge is 0.141 e. The van der Waals surface area contributed by atoms with E-state index >= 15 is 0 Å². The molecule has 0 spiro atoms. The Hall–Kier alpha value is -2.87. The molecule has 2 aromatic carbocycles. The van der Waals surface area contributed by atoms with Crippen LogP contribution in [0.25, 0.3) is 22.4 Å². The number of likely N-dealkylation sites (tertiary alicyclic amines) is 1. The van der Waals surface area contributed by atoms with Crippen LogP contribution in [0.1, 0.15) is 18.4 Å². The van der Waals surface area contributed by atoms with Gasteiger partial charge in [0.25, 0.3) is 0 Å². The van der Waals surface area contributed by atoms with Crippen LogP contribution < -0.4 is 5.73 Å². The van der Waals surface area contributed by atoms with Gasteiger partial charge in [0.15, 0.2) is 0 Å². The van der Waals surface area contributed by atoms with E-state index in [0.717, 1.165) is 49.7 Å². The van der Waals surface area contributed by atoms with Crippen molar-refractivity contribution >= 4 is 5.82 Å². The van der Waals surface area contributed by atoms with E-state index in [0.29, 0.717) is 17.1 Å². The molecule has 0 saturated carbocycles. The first-order valence-corrected chi connectivity index (χ1v) is 10.2. The zero-order valence-corrected chi connectivity index (χ0v) is 18.3. The lowest BCUT2D eigenvalue weighted by Gasteiger charge is -2.25. The van der Waals surface area contributed by atoms with Crippen LogP contribution in [0.15, 0.2) is 54.9 Å². The quantitative estimate of drug-likeness (QED) is 0.580. The molecule has 1 aliphatic heterocycles. The molecule has 3 aromatic rings. The van der Waals surface area contributed by atoms with Crippen molar-refractivity contribution in [1.82, 2.24) is 14.9 Å². The average molecular weight is 427 g/mol. The van der Waals surface area contributed by atoms with Crippen molar-refractivity contribution in [2.45, 2.75) is 25.9 Å². The second kappa shape index (κ2) is 12.1. The lowest BCUT2D eigenvalue weighted by Crippen LogP contribution is -2.32. The number of benzene rings is 2. The number of aliphatic hydroxyl groups excluding tert-OH is 2. The first-order chi connectivity index (χ1) is 14.9. The summed E-state index contributed by atoms with van der Waals surface area (Å²) < 4.78 is 14.4. The normalized spacial score (nSPS) is 14.1. The minimum absolute atomic E-state index is 0.0220. The van der Waals surface area contributed by atoms with E-state index in [1.165, 1.54) is 18.5 Å². The fourth-order valence-electron chi connectivity index (χ4n) is 3.26. The first kappa shape index (κ1) is 24.4. The maximum Gasteiger partial charge on any atom is 0.141 e. The summed E-state index contributed by atoms with van der Waals surface area (Å²) >= 11 is 0. The Morgan fingerprint density at radius 2 is 1.68 bits per heavy atom. The molecule has 2 heterocycles. The molecule has 31 heavy (non-hydrogen) atoms. The highest BCUT2D eigenvalue weighted by molar-refractivity contribution is 5.71. The molecule has 0 bridgehead atoms. The third kappa shape index (κ3) is 7.10. The van der Waals surface area contributed by atoms with Crippen LogP contribution in [0, 0.1) is 12.7 Å². The van der Waals surface area contributed by atoms with E-state index < -0.39 is 0 Å². The topological polar surface area (TPSA) is 95.5 Å². The predicted molar refractivity (Wildman–Crippen MR) is 123 cm³/mol. The maximum atomic E-state index is 14.4. The molecular formula is C24H31FN4O2. The predicted octanol–water partition coefficient (Wildman–Crippen LogP) is 3.52. The van der Waals surface area contributed by atoms with E-state index in [4.69, 9.17) is 15.9 Å². The molecule has 1 saturated heterocycles. The summed E-state index contributed by atoms with van der Waals surface area (Å²) in [6.45, 7) is 4.12. The molecule has 0 amide bonds. The molecule has 4 N–H and O–H groups in total. The van der Waals surface area contributed by atoms with Crippen molar-refractivity contribution in [3.63, 3.8) is 0 Å². The number of aliphatic hydroxyl groups is 2. The Bertz CT molecular complexity index is 933. The van der Waals surface area contributed by atoms with Gasteiger partial charge in [0.05, 0.1) is 24.2 Å². The number of nitrogens with zero attached hydrogens (tertiary/aromatic N) is 3. The zero-order chi connectivity index (χ0) is 22.8. The summed E-state index contributed by atoms with van der Waals surface area (Å²) in [5.74, 6) is -0.00878. The monoisotopic (exact) mass is 426 g/mol. The number of hydrogen-bond donors (Lipinski definition) is 3. The van der Waals surface area contributed by atoms with Crippen LogP contribution >= 0.6 is 0 Å². The third-order valence-electron chi connectivity index (χ3n) is 5.06. The molecule has 166 valence electrons. The summed E-state index contributed by atoms with van der Waals surface area (Å²) in [5, 5.41) is 16.0. The summed E-state index contributed by atoms with van der Waals surface area (Å²) in [6.07, 6.45) is 4.78. The van der Waals surface area contributed by atoms with Gasteiger partial charge in [-0.1, -0.05) is 30.3 Å². The maximum absolute atomic E-state index is 14.4. The van der Waals surface area contributed by atoms with Crippen molar-refractivity contribution < 1.29 is 14.6 Å². The Kier molecular flexibility index (Phi) is 9.52. The summed E-state index contributed by atoms with van der Waals surface area (Å²) in [4.78, 5) is 10.3. The number of nitrogens with two attached hydrogens (primary N) is 1. The van der Waals surface area contributed by atoms with Crippen LogP contribution in [0.4, 0.5) is 10.2 Å². The number of rotatable bonds is 2. The minimum atomic E-state index is -0.324. The third-order valence-corrected chi connectivity index (χ3v) is 5.06. The average Bonchev–Trinajstić information content (AvgIpc) is 2.79. The highest BCUT2D eigenvalue weighted by Crippen LogP contribution is 2.28. The van der Waals surface area contributed by atoms with Gasteiger partial charge >= 0.3 is 0 Å². The molecular weight excluding hydrogens is 395 g/mol. The van der Waals surface area contributed by atoms with Crippen molar-refractivity contribution in [3.05, 3.63) is 66.2 Å². The van der Waals surface area contributed by atoms with Gasteiger partial charge in [-0.3, -0.25) is 4.98 Å². The number of piperidine rings is 1. The Morgan fingerprint density at radius 3 is 2.23 bits per heavy atom. The number of aromatic nitrogens is 2. The van der Waals surface area contributed by atoms with E-state index in [2.05, 4.69) is 21.9 Å². The number of halogens is 1. The SMILES string of the molecule is CN1CCC(O)CC1.CO.Cc1ccccc1-c1ccc(-c2cnc(N)cn2)c(F)c1. The second-order valence-corrected chi connectivity index (χ2v) is 7.37. The van der Waals surface area contributed by atoms with Gasteiger partial charge in [-0.25, -0.2) is 9.37 Å². The van der Waals surface area contributed by atoms with Gasteiger partial charge in [-0.2, -0.15) is 0 Å². The number of aryl methyl sites for hydroxylation is 1. The van der Waals surface area contributed by atoms with Gasteiger partial charge in [0.2, 0.25) is 0 Å². The summed E-state index contributed by atoms with van der Waals surface area (Å²) in [5.41, 5.74) is 9.35.